The van der Waals surface area contributed by atoms with Crippen molar-refractivity contribution >= 4 is 5.97 Å². The van der Waals surface area contributed by atoms with E-state index in [2.05, 4.69) is 5.32 Å². The number of hydrogen-bond acceptors (Lipinski definition) is 3. The number of rotatable bonds is 2. The molecule has 4 nitrogen and oxygen atoms in total. The zero-order chi connectivity index (χ0) is 10.1. The maximum atomic E-state index is 10.8. The van der Waals surface area contributed by atoms with E-state index in [9.17, 15) is 4.79 Å². The highest BCUT2D eigenvalue weighted by molar-refractivity contribution is 5.74. The van der Waals surface area contributed by atoms with Crippen molar-refractivity contribution in [3.05, 3.63) is 0 Å². The Kier molecular flexibility index (Phi) is 2.93. The Balaban J connectivity index is 2.54. The minimum absolute atomic E-state index is 0.197. The van der Waals surface area contributed by atoms with Crippen LogP contribution < -0.4 is 5.32 Å². The molecule has 0 aromatic heterocycles. The van der Waals surface area contributed by atoms with E-state index in [0.717, 1.165) is 13.0 Å². The van der Waals surface area contributed by atoms with Gasteiger partial charge in [-0.2, -0.15) is 0 Å². The van der Waals surface area contributed by atoms with Gasteiger partial charge in [0.2, 0.25) is 0 Å². The lowest BCUT2D eigenvalue weighted by atomic mass is 10.1. The van der Waals surface area contributed by atoms with Crippen LogP contribution in [0, 0.1) is 0 Å². The van der Waals surface area contributed by atoms with Crippen LogP contribution in [0.5, 0.6) is 0 Å². The van der Waals surface area contributed by atoms with Crippen LogP contribution in [0.1, 0.15) is 27.2 Å². The number of carboxylic acids is 1. The summed E-state index contributed by atoms with van der Waals surface area (Å²) in [5.41, 5.74) is -0.273. The lowest BCUT2D eigenvalue weighted by molar-refractivity contribution is -0.145. The second-order valence-electron chi connectivity index (χ2n) is 4.33. The normalized spacial score (nSPS) is 29.2. The predicted octanol–water partition coefficient (Wildman–Crippen LogP) is 0.617. The molecule has 0 unspecified atom stereocenters. The minimum Gasteiger partial charge on any atom is -0.480 e. The highest BCUT2D eigenvalue weighted by atomic mass is 16.5. The van der Waals surface area contributed by atoms with Gasteiger partial charge >= 0.3 is 5.97 Å². The standard InChI is InChI=1S/C9H17NO3/c1-9(2,3)13-6-4-5-10-7(6)8(11)12/h6-7,10H,4-5H2,1-3H3,(H,11,12)/t6-,7-/m1/s1. The maximum Gasteiger partial charge on any atom is 0.323 e. The molecule has 0 aromatic carbocycles. The summed E-state index contributed by atoms with van der Waals surface area (Å²) in [7, 11) is 0. The molecule has 0 aromatic rings. The fraction of sp³-hybridized carbons (Fsp3) is 0.889. The molecule has 1 aliphatic heterocycles. The second-order valence-corrected chi connectivity index (χ2v) is 4.33. The van der Waals surface area contributed by atoms with Gasteiger partial charge in [0.25, 0.3) is 0 Å². The quantitative estimate of drug-likeness (QED) is 0.665. The average molecular weight is 187 g/mol. The molecule has 76 valence electrons. The molecule has 0 radical (unpaired) electrons. The van der Waals surface area contributed by atoms with Gasteiger partial charge in [-0.05, 0) is 33.7 Å². The summed E-state index contributed by atoms with van der Waals surface area (Å²) in [5.74, 6) is -0.827. The Labute approximate surface area is 78.3 Å². The lowest BCUT2D eigenvalue weighted by Crippen LogP contribution is -2.42. The largest absolute Gasteiger partial charge is 0.480 e. The van der Waals surface area contributed by atoms with Crippen LogP contribution in [0.15, 0.2) is 0 Å². The Hall–Kier alpha value is -0.610. The molecule has 0 saturated carbocycles. The van der Waals surface area contributed by atoms with Crippen molar-refractivity contribution in [1.82, 2.24) is 5.32 Å². The zero-order valence-corrected chi connectivity index (χ0v) is 8.33. The Bertz CT molecular complexity index is 198. The number of nitrogens with one attached hydrogen (secondary N) is 1. The van der Waals surface area contributed by atoms with Gasteiger partial charge in [-0.3, -0.25) is 4.79 Å². The summed E-state index contributed by atoms with van der Waals surface area (Å²) in [6, 6.07) is -0.542. The topological polar surface area (TPSA) is 58.6 Å². The third kappa shape index (κ3) is 2.97. The Morgan fingerprint density at radius 2 is 2.15 bits per heavy atom. The molecule has 0 bridgehead atoms. The van der Waals surface area contributed by atoms with E-state index < -0.39 is 12.0 Å². The zero-order valence-electron chi connectivity index (χ0n) is 8.33. The van der Waals surface area contributed by atoms with Gasteiger partial charge in [-0.25, -0.2) is 0 Å². The van der Waals surface area contributed by atoms with Crippen LogP contribution in [0.3, 0.4) is 0 Å². The number of ether oxygens (including phenoxy) is 1. The van der Waals surface area contributed by atoms with E-state index in [4.69, 9.17) is 9.84 Å². The van der Waals surface area contributed by atoms with Crippen molar-refractivity contribution in [2.75, 3.05) is 6.54 Å². The first kappa shape index (κ1) is 10.5. The molecule has 0 aliphatic carbocycles. The van der Waals surface area contributed by atoms with Crippen molar-refractivity contribution in [3.8, 4) is 0 Å². The minimum atomic E-state index is -0.827. The van der Waals surface area contributed by atoms with Crippen molar-refractivity contribution in [2.45, 2.75) is 44.9 Å². The van der Waals surface area contributed by atoms with Gasteiger partial charge in [0.05, 0.1) is 11.7 Å². The van der Waals surface area contributed by atoms with Gasteiger partial charge in [-0.15, -0.1) is 0 Å². The molecule has 0 spiro atoms. The number of carboxylic acid groups (broad SMARTS) is 1. The molecule has 1 saturated heterocycles. The third-order valence-electron chi connectivity index (χ3n) is 1.94. The fourth-order valence-electron chi connectivity index (χ4n) is 1.51. The summed E-state index contributed by atoms with van der Waals surface area (Å²) >= 11 is 0. The predicted molar refractivity (Wildman–Crippen MR) is 48.7 cm³/mol. The summed E-state index contributed by atoms with van der Waals surface area (Å²) in [6.45, 7) is 6.52. The van der Waals surface area contributed by atoms with Crippen molar-refractivity contribution in [1.29, 1.82) is 0 Å². The van der Waals surface area contributed by atoms with Gasteiger partial charge in [0, 0.05) is 0 Å². The van der Waals surface area contributed by atoms with Crippen LogP contribution in [0.4, 0.5) is 0 Å². The monoisotopic (exact) mass is 187 g/mol. The SMILES string of the molecule is CC(C)(C)O[C@@H]1CCN[C@H]1C(=O)O. The summed E-state index contributed by atoms with van der Waals surface area (Å²) in [4.78, 5) is 10.8. The third-order valence-corrected chi connectivity index (χ3v) is 1.94. The maximum absolute atomic E-state index is 10.8. The van der Waals surface area contributed by atoms with Crippen molar-refractivity contribution in [3.63, 3.8) is 0 Å². The van der Waals surface area contributed by atoms with Gasteiger partial charge in [0.15, 0.2) is 0 Å². The number of carbonyl (C=O) groups is 1. The van der Waals surface area contributed by atoms with Crippen LogP contribution in [-0.4, -0.2) is 35.4 Å². The molecule has 0 amide bonds. The van der Waals surface area contributed by atoms with Crippen LogP contribution in [-0.2, 0) is 9.53 Å². The molecule has 1 aliphatic rings. The average Bonchev–Trinajstić information content (AvgIpc) is 2.31. The smallest absolute Gasteiger partial charge is 0.323 e. The number of aliphatic carboxylic acids is 1. The van der Waals surface area contributed by atoms with E-state index in [1.54, 1.807) is 0 Å². The molecule has 2 N–H and O–H groups in total. The fourth-order valence-corrected chi connectivity index (χ4v) is 1.51. The highest BCUT2D eigenvalue weighted by Gasteiger charge is 2.35. The van der Waals surface area contributed by atoms with E-state index in [1.165, 1.54) is 0 Å². The molecular weight excluding hydrogens is 170 g/mol. The first-order valence-electron chi connectivity index (χ1n) is 4.54. The molecule has 13 heavy (non-hydrogen) atoms. The van der Waals surface area contributed by atoms with Crippen LogP contribution >= 0.6 is 0 Å². The molecule has 1 fully saturated rings. The Morgan fingerprint density at radius 3 is 2.62 bits per heavy atom. The molecule has 2 atom stereocenters. The summed E-state index contributed by atoms with van der Waals surface area (Å²) in [5, 5.41) is 11.7. The second kappa shape index (κ2) is 3.64. The molecule has 1 heterocycles. The molecule has 4 heteroatoms. The van der Waals surface area contributed by atoms with Crippen molar-refractivity contribution < 1.29 is 14.6 Å². The highest BCUT2D eigenvalue weighted by Crippen LogP contribution is 2.19. The van der Waals surface area contributed by atoms with Crippen LogP contribution in [0.25, 0.3) is 0 Å². The van der Waals surface area contributed by atoms with Gasteiger partial charge in [0.1, 0.15) is 6.04 Å². The van der Waals surface area contributed by atoms with E-state index >= 15 is 0 Å². The number of hydrogen-bond donors (Lipinski definition) is 2. The van der Waals surface area contributed by atoms with Gasteiger partial charge in [-0.1, -0.05) is 0 Å². The summed E-state index contributed by atoms with van der Waals surface area (Å²) in [6.07, 6.45) is 0.575. The summed E-state index contributed by atoms with van der Waals surface area (Å²) < 4.78 is 5.63. The molecule has 1 rings (SSSR count). The first-order valence-corrected chi connectivity index (χ1v) is 4.54. The first-order chi connectivity index (χ1) is 5.90. The van der Waals surface area contributed by atoms with Crippen molar-refractivity contribution in [2.24, 2.45) is 0 Å². The van der Waals surface area contributed by atoms with Crippen LogP contribution in [0.2, 0.25) is 0 Å². The lowest BCUT2D eigenvalue weighted by Gasteiger charge is -2.26. The Morgan fingerprint density at radius 1 is 1.54 bits per heavy atom. The van der Waals surface area contributed by atoms with Gasteiger partial charge < -0.3 is 15.2 Å². The van der Waals surface area contributed by atoms with E-state index in [0.29, 0.717) is 0 Å². The van der Waals surface area contributed by atoms with E-state index in [1.807, 2.05) is 20.8 Å². The molecular formula is C9H17NO3. The van der Waals surface area contributed by atoms with E-state index in [-0.39, 0.29) is 11.7 Å².